The number of nitrogens with zero attached hydrogens (tertiary/aromatic N) is 2. The summed E-state index contributed by atoms with van der Waals surface area (Å²) in [6, 6.07) is 3.97. The van der Waals surface area contributed by atoms with Gasteiger partial charge in [-0.05, 0) is 31.0 Å². The smallest absolute Gasteiger partial charge is 0.133 e. The van der Waals surface area contributed by atoms with Gasteiger partial charge in [-0.15, -0.1) is 0 Å². The third kappa shape index (κ3) is 4.92. The Labute approximate surface area is 115 Å². The lowest BCUT2D eigenvalue weighted by Gasteiger charge is -2.31. The fourth-order valence-corrected chi connectivity index (χ4v) is 2.16. The second-order valence-electron chi connectivity index (χ2n) is 5.53. The Morgan fingerprint density at radius 2 is 2.17 bits per heavy atom. The van der Waals surface area contributed by atoms with E-state index in [1.807, 2.05) is 12.1 Å². The second kappa shape index (κ2) is 7.07. The molecule has 1 aromatic heterocycles. The highest BCUT2D eigenvalue weighted by atomic mass is 35.5. The largest absolute Gasteiger partial charge is 0.330 e. The van der Waals surface area contributed by atoms with Crippen LogP contribution in [0.1, 0.15) is 32.8 Å². The normalized spacial score (nSPS) is 12.1. The predicted octanol–water partition coefficient (Wildman–Crippen LogP) is 2.93. The molecule has 0 fully saturated rings. The van der Waals surface area contributed by atoms with Crippen LogP contribution in [0.25, 0.3) is 0 Å². The van der Waals surface area contributed by atoms with E-state index in [4.69, 9.17) is 17.3 Å². The Hall–Kier alpha value is -0.640. The Morgan fingerprint density at radius 1 is 1.44 bits per heavy atom. The van der Waals surface area contributed by atoms with Crippen LogP contribution in [0.5, 0.6) is 0 Å². The van der Waals surface area contributed by atoms with Crippen LogP contribution in [0, 0.1) is 5.41 Å². The van der Waals surface area contributed by atoms with E-state index < -0.39 is 0 Å². The van der Waals surface area contributed by atoms with Crippen LogP contribution >= 0.6 is 11.6 Å². The maximum atomic E-state index is 6.11. The first kappa shape index (κ1) is 15.4. The first-order valence-corrected chi connectivity index (χ1v) is 6.88. The number of hydrogen-bond acceptors (Lipinski definition) is 3. The fourth-order valence-electron chi connectivity index (χ4n) is 1.98. The molecule has 0 aliphatic heterocycles. The molecule has 0 amide bonds. The van der Waals surface area contributed by atoms with E-state index in [0.29, 0.717) is 11.7 Å². The van der Waals surface area contributed by atoms with Gasteiger partial charge in [-0.1, -0.05) is 38.4 Å². The summed E-state index contributed by atoms with van der Waals surface area (Å²) in [6.07, 6.45) is 2.85. The maximum Gasteiger partial charge on any atom is 0.133 e. The molecule has 0 aliphatic rings. The molecule has 4 heteroatoms. The van der Waals surface area contributed by atoms with Gasteiger partial charge in [0.2, 0.25) is 0 Å². The minimum atomic E-state index is 0.129. The quantitative estimate of drug-likeness (QED) is 0.774. The molecule has 0 radical (unpaired) electrons. The zero-order valence-corrected chi connectivity index (χ0v) is 12.4. The average Bonchev–Trinajstić information content (AvgIpc) is 2.32. The number of pyridine rings is 1. The van der Waals surface area contributed by atoms with Crippen LogP contribution in [0.4, 0.5) is 0 Å². The number of nitrogens with two attached hydrogens (primary N) is 1. The Balaban J connectivity index is 2.72. The molecule has 0 atom stereocenters. The predicted molar refractivity (Wildman–Crippen MR) is 77.7 cm³/mol. The van der Waals surface area contributed by atoms with Crippen LogP contribution in [-0.2, 0) is 6.54 Å². The molecule has 1 heterocycles. The van der Waals surface area contributed by atoms with Crippen molar-refractivity contribution < 1.29 is 0 Å². The molecule has 1 rings (SSSR count). The number of aromatic nitrogens is 1. The number of halogens is 1. The lowest BCUT2D eigenvalue weighted by Crippen LogP contribution is -2.38. The highest BCUT2D eigenvalue weighted by Gasteiger charge is 2.20. The molecular weight excluding hydrogens is 246 g/mol. The monoisotopic (exact) mass is 269 g/mol. The van der Waals surface area contributed by atoms with Crippen molar-refractivity contribution in [2.24, 2.45) is 11.1 Å². The summed E-state index contributed by atoms with van der Waals surface area (Å²) in [5, 5.41) is 0.601. The third-order valence-corrected chi connectivity index (χ3v) is 3.31. The van der Waals surface area contributed by atoms with Crippen LogP contribution in [0.15, 0.2) is 18.3 Å². The van der Waals surface area contributed by atoms with E-state index >= 15 is 0 Å². The summed E-state index contributed by atoms with van der Waals surface area (Å²) < 4.78 is 0. The van der Waals surface area contributed by atoms with Crippen molar-refractivity contribution in [2.45, 2.75) is 33.7 Å². The van der Waals surface area contributed by atoms with E-state index in [9.17, 15) is 0 Å². The molecule has 0 spiro atoms. The van der Waals surface area contributed by atoms with Crippen molar-refractivity contribution in [3.8, 4) is 0 Å². The van der Waals surface area contributed by atoms with Gasteiger partial charge in [0.1, 0.15) is 5.15 Å². The van der Waals surface area contributed by atoms with Gasteiger partial charge in [0, 0.05) is 24.8 Å². The van der Waals surface area contributed by atoms with Crippen molar-refractivity contribution >= 4 is 11.6 Å². The molecule has 0 aromatic carbocycles. The van der Waals surface area contributed by atoms with Gasteiger partial charge in [0.15, 0.2) is 0 Å². The molecular formula is C14H24ClN3. The second-order valence-corrected chi connectivity index (χ2v) is 5.89. The SMILES string of the molecule is CCCN(Cc1cccnc1Cl)CC(C)(C)CN. The average molecular weight is 270 g/mol. The molecule has 0 aliphatic carbocycles. The van der Waals surface area contributed by atoms with Gasteiger partial charge in [-0.3, -0.25) is 4.90 Å². The first-order valence-electron chi connectivity index (χ1n) is 6.50. The highest BCUT2D eigenvalue weighted by Crippen LogP contribution is 2.19. The molecule has 0 unspecified atom stereocenters. The first-order chi connectivity index (χ1) is 8.48. The molecule has 0 saturated carbocycles. The molecule has 102 valence electrons. The van der Waals surface area contributed by atoms with Crippen LogP contribution in [0.2, 0.25) is 5.15 Å². The lowest BCUT2D eigenvalue weighted by atomic mass is 9.93. The lowest BCUT2D eigenvalue weighted by molar-refractivity contribution is 0.176. The van der Waals surface area contributed by atoms with Crippen molar-refractivity contribution in [3.63, 3.8) is 0 Å². The van der Waals surface area contributed by atoms with Crippen molar-refractivity contribution in [1.82, 2.24) is 9.88 Å². The van der Waals surface area contributed by atoms with Crippen molar-refractivity contribution in [2.75, 3.05) is 19.6 Å². The van der Waals surface area contributed by atoms with E-state index in [1.54, 1.807) is 6.20 Å². The van der Waals surface area contributed by atoms with E-state index in [2.05, 4.69) is 30.7 Å². The summed E-state index contributed by atoms with van der Waals surface area (Å²) in [7, 11) is 0. The van der Waals surface area contributed by atoms with Gasteiger partial charge in [0.25, 0.3) is 0 Å². The fraction of sp³-hybridized carbons (Fsp3) is 0.643. The minimum absolute atomic E-state index is 0.129. The Kier molecular flexibility index (Phi) is 6.06. The van der Waals surface area contributed by atoms with Crippen LogP contribution in [0.3, 0.4) is 0 Å². The summed E-state index contributed by atoms with van der Waals surface area (Å²) in [4.78, 5) is 6.52. The third-order valence-electron chi connectivity index (χ3n) is 2.97. The van der Waals surface area contributed by atoms with Crippen LogP contribution < -0.4 is 5.73 Å². The zero-order chi connectivity index (χ0) is 13.6. The summed E-state index contributed by atoms with van der Waals surface area (Å²) >= 11 is 6.11. The molecule has 3 nitrogen and oxygen atoms in total. The van der Waals surface area contributed by atoms with E-state index in [1.165, 1.54) is 0 Å². The summed E-state index contributed by atoms with van der Waals surface area (Å²) in [5.74, 6) is 0. The van der Waals surface area contributed by atoms with Gasteiger partial charge in [-0.2, -0.15) is 0 Å². The summed E-state index contributed by atoms with van der Waals surface area (Å²) in [5.41, 5.74) is 7.02. The zero-order valence-electron chi connectivity index (χ0n) is 11.6. The number of rotatable bonds is 7. The van der Waals surface area contributed by atoms with Gasteiger partial charge in [-0.25, -0.2) is 4.98 Å². The van der Waals surface area contributed by atoms with E-state index in [-0.39, 0.29) is 5.41 Å². The molecule has 0 bridgehead atoms. The van der Waals surface area contributed by atoms with Crippen molar-refractivity contribution in [3.05, 3.63) is 29.0 Å². The minimum Gasteiger partial charge on any atom is -0.330 e. The van der Waals surface area contributed by atoms with Gasteiger partial charge in [0.05, 0.1) is 0 Å². The highest BCUT2D eigenvalue weighted by molar-refractivity contribution is 6.30. The molecule has 2 N–H and O–H groups in total. The Morgan fingerprint density at radius 3 is 2.72 bits per heavy atom. The summed E-state index contributed by atoms with van der Waals surface area (Å²) in [6.45, 7) is 10.1. The van der Waals surface area contributed by atoms with Crippen LogP contribution in [-0.4, -0.2) is 29.5 Å². The van der Waals surface area contributed by atoms with Gasteiger partial charge < -0.3 is 5.73 Å². The Bertz CT molecular complexity index is 366. The topological polar surface area (TPSA) is 42.2 Å². The van der Waals surface area contributed by atoms with Gasteiger partial charge >= 0.3 is 0 Å². The molecule has 1 aromatic rings. The standard InChI is InChI=1S/C14H24ClN3/c1-4-8-18(11-14(2,3)10-16)9-12-6-5-7-17-13(12)15/h5-7H,4,8-11,16H2,1-3H3. The molecule has 18 heavy (non-hydrogen) atoms. The molecule has 0 saturated heterocycles. The van der Waals surface area contributed by atoms with Crippen molar-refractivity contribution in [1.29, 1.82) is 0 Å². The number of hydrogen-bond donors (Lipinski definition) is 1. The van der Waals surface area contributed by atoms with E-state index in [0.717, 1.165) is 31.6 Å². The maximum absolute atomic E-state index is 6.11.